The van der Waals surface area contributed by atoms with Crippen molar-refractivity contribution in [2.75, 3.05) is 11.9 Å². The molecule has 0 spiro atoms. The van der Waals surface area contributed by atoms with Crippen molar-refractivity contribution in [2.45, 2.75) is 103 Å². The van der Waals surface area contributed by atoms with Gasteiger partial charge in [0.15, 0.2) is 6.61 Å². The van der Waals surface area contributed by atoms with E-state index in [-0.39, 0.29) is 72.0 Å². The molecule has 7 aromatic rings. The molecular formula is C64H65F3N2O8. The maximum absolute atomic E-state index is 14.4. The highest BCUT2D eigenvalue weighted by Gasteiger charge is 2.43. The second-order valence-corrected chi connectivity index (χ2v) is 20.5. The average Bonchev–Trinajstić information content (AvgIpc) is 3.94. The molecule has 0 saturated heterocycles. The zero-order valence-electron chi connectivity index (χ0n) is 43.5. The molecule has 10 nitrogen and oxygen atoms in total. The van der Waals surface area contributed by atoms with E-state index in [1.807, 2.05) is 81.4 Å². The number of aliphatic hydroxyl groups is 2. The lowest BCUT2D eigenvalue weighted by Gasteiger charge is -2.42. The first-order valence-electron chi connectivity index (χ1n) is 26.4. The smallest absolute Gasteiger partial charge is 0.349 e. The number of nitrogens with zero attached hydrogens (tertiary/aromatic N) is 1. The fourth-order valence-corrected chi connectivity index (χ4v) is 11.0. The zero-order valence-corrected chi connectivity index (χ0v) is 43.5. The number of rotatable bonds is 22. The van der Waals surface area contributed by atoms with Gasteiger partial charge in [-0.25, -0.2) is 18.0 Å². The minimum atomic E-state index is -1.07. The van der Waals surface area contributed by atoms with Gasteiger partial charge in [-0.2, -0.15) is 0 Å². The van der Waals surface area contributed by atoms with E-state index in [1.165, 1.54) is 48.5 Å². The number of para-hydroxylation sites is 1. The lowest BCUT2D eigenvalue weighted by molar-refractivity contribution is -0.155. The molecule has 0 bridgehead atoms. The maximum atomic E-state index is 14.4. The lowest BCUT2D eigenvalue weighted by Crippen LogP contribution is -2.39. The SMILES string of the molecule is CC(C)c1c(C(=O)Nc2ccccc2)c(-c2ccccc2)c(-c2ccc(F)cc2)n1CCCC[C@@H](O)CC(=O)OCC(=O)Oc1ccc([C@H]2C(Cc3ccc(F)cc3)C(C)CC(=O)[C@@H]2CC[C@H](O)c2ccc(F)cc2)cc1. The van der Waals surface area contributed by atoms with Gasteiger partial charge in [-0.1, -0.05) is 106 Å². The number of aliphatic hydroxyl groups excluding tert-OH is 2. The monoisotopic (exact) mass is 1050 g/mol. The molecule has 13 heteroatoms. The van der Waals surface area contributed by atoms with E-state index in [0.29, 0.717) is 55.5 Å². The summed E-state index contributed by atoms with van der Waals surface area (Å²) in [6.45, 7) is 5.84. The van der Waals surface area contributed by atoms with Crippen LogP contribution in [0.15, 0.2) is 158 Å². The Kier molecular flexibility index (Phi) is 18.7. The van der Waals surface area contributed by atoms with Crippen LogP contribution in [0.2, 0.25) is 0 Å². The first-order valence-corrected chi connectivity index (χ1v) is 26.4. The fraction of sp³-hybridized carbons (Fsp3) is 0.312. The van der Waals surface area contributed by atoms with Crippen LogP contribution in [0.3, 0.4) is 0 Å². The number of hydrogen-bond donors (Lipinski definition) is 3. The summed E-state index contributed by atoms with van der Waals surface area (Å²) in [5, 5.41) is 25.1. The molecule has 6 aromatic carbocycles. The van der Waals surface area contributed by atoms with Gasteiger partial charge >= 0.3 is 11.9 Å². The first-order chi connectivity index (χ1) is 37.1. The van der Waals surface area contributed by atoms with E-state index in [1.54, 1.807) is 48.5 Å². The van der Waals surface area contributed by atoms with Crippen LogP contribution in [-0.2, 0) is 32.1 Å². The van der Waals surface area contributed by atoms with Crippen molar-refractivity contribution in [1.29, 1.82) is 0 Å². The Labute approximate surface area is 447 Å². The normalized spacial score (nSPS) is 17.2. The van der Waals surface area contributed by atoms with Gasteiger partial charge in [-0.3, -0.25) is 14.4 Å². The van der Waals surface area contributed by atoms with Crippen molar-refractivity contribution in [3.8, 4) is 28.1 Å². The van der Waals surface area contributed by atoms with Crippen LogP contribution < -0.4 is 10.1 Å². The van der Waals surface area contributed by atoms with Crippen LogP contribution in [-0.4, -0.2) is 51.1 Å². The molecule has 1 aromatic heterocycles. The average molecular weight is 1050 g/mol. The number of amides is 1. The Morgan fingerprint density at radius 1 is 0.714 bits per heavy atom. The molecule has 1 amide bonds. The standard InChI is InChI=1S/C64H65F3N2O8/c1-40(2)62-61(64(75)68-50-14-8-5-9-15-50)60(44-12-6-4-7-13-44)63(46-21-29-49(67)30-22-46)69(62)35-11-10-16-51(70)38-57(73)76-39-58(74)77-52-31-23-45(24-32-52)59-53(33-34-55(71)43-19-27-48(66)28-20-43)56(72)36-41(3)54(59)37-42-17-25-47(65)26-18-42/h4-9,12-15,17-32,40-41,51,53-55,59,70-71H,10-11,16,33-39H2,1-3H3,(H,68,75)/t41?,51-,53+,54?,55+,59-/m1/s1. The summed E-state index contributed by atoms with van der Waals surface area (Å²) in [5.74, 6) is -3.71. The van der Waals surface area contributed by atoms with Crippen molar-refractivity contribution >= 4 is 29.3 Å². The summed E-state index contributed by atoms with van der Waals surface area (Å²) < 4.78 is 54.8. The number of halogens is 3. The number of Topliss-reactive ketones (excluding diaryl/α,β-unsaturated/α-hetero) is 1. The quantitative estimate of drug-likeness (QED) is 0.0346. The molecule has 77 heavy (non-hydrogen) atoms. The number of nitrogens with one attached hydrogen (secondary N) is 1. The number of ketones is 1. The van der Waals surface area contributed by atoms with E-state index in [9.17, 15) is 42.6 Å². The highest BCUT2D eigenvalue weighted by molar-refractivity contribution is 6.12. The highest BCUT2D eigenvalue weighted by Crippen LogP contribution is 2.48. The molecule has 6 atom stereocenters. The minimum absolute atomic E-state index is 0.0183. The Bertz CT molecular complexity index is 3090. The Morgan fingerprint density at radius 3 is 1.96 bits per heavy atom. The predicted molar refractivity (Wildman–Crippen MR) is 290 cm³/mol. The number of benzene rings is 6. The van der Waals surface area contributed by atoms with Gasteiger partial charge < -0.3 is 29.6 Å². The van der Waals surface area contributed by atoms with Gasteiger partial charge in [-0.15, -0.1) is 0 Å². The van der Waals surface area contributed by atoms with Gasteiger partial charge in [-0.05, 0) is 163 Å². The topological polar surface area (TPSA) is 144 Å². The third kappa shape index (κ3) is 14.3. The molecule has 1 fully saturated rings. The van der Waals surface area contributed by atoms with E-state index in [0.717, 1.165) is 39.2 Å². The molecule has 1 saturated carbocycles. The molecule has 1 heterocycles. The Balaban J connectivity index is 0.891. The van der Waals surface area contributed by atoms with Gasteiger partial charge in [0.2, 0.25) is 0 Å². The van der Waals surface area contributed by atoms with E-state index < -0.39 is 42.5 Å². The molecule has 3 N–H and O–H groups in total. The third-order valence-corrected chi connectivity index (χ3v) is 14.7. The number of unbranched alkanes of at least 4 members (excludes halogenated alkanes) is 1. The molecular weight excluding hydrogens is 982 g/mol. The van der Waals surface area contributed by atoms with Crippen LogP contribution in [0.1, 0.15) is 116 Å². The molecule has 0 aliphatic heterocycles. The Hall–Kier alpha value is -7.61. The molecule has 400 valence electrons. The highest BCUT2D eigenvalue weighted by atomic mass is 19.1. The lowest BCUT2D eigenvalue weighted by atomic mass is 9.61. The number of carbonyl (C=O) groups is 4. The van der Waals surface area contributed by atoms with Crippen LogP contribution in [0, 0.1) is 35.2 Å². The number of ether oxygens (including phenoxy) is 2. The van der Waals surface area contributed by atoms with Gasteiger partial charge in [0.1, 0.15) is 29.0 Å². The van der Waals surface area contributed by atoms with Crippen molar-refractivity contribution < 1.29 is 52.0 Å². The molecule has 0 radical (unpaired) electrons. The third-order valence-electron chi connectivity index (χ3n) is 14.7. The van der Waals surface area contributed by atoms with Crippen molar-refractivity contribution in [2.24, 2.45) is 17.8 Å². The fourth-order valence-electron chi connectivity index (χ4n) is 11.0. The van der Waals surface area contributed by atoms with Gasteiger partial charge in [0.05, 0.1) is 29.9 Å². The first kappa shape index (κ1) is 55.6. The maximum Gasteiger partial charge on any atom is 0.349 e. The summed E-state index contributed by atoms with van der Waals surface area (Å²) in [5.41, 5.74) is 7.28. The second kappa shape index (κ2) is 26.0. The number of anilines is 1. The van der Waals surface area contributed by atoms with Crippen molar-refractivity contribution in [3.63, 3.8) is 0 Å². The Morgan fingerprint density at radius 2 is 1.32 bits per heavy atom. The summed E-state index contributed by atoms with van der Waals surface area (Å²) in [6.07, 6.45) is 0.520. The zero-order chi connectivity index (χ0) is 54.6. The van der Waals surface area contributed by atoms with Crippen molar-refractivity contribution in [3.05, 3.63) is 203 Å². The largest absolute Gasteiger partial charge is 0.454 e. The van der Waals surface area contributed by atoms with E-state index in [4.69, 9.17) is 9.47 Å². The van der Waals surface area contributed by atoms with Crippen LogP contribution in [0.5, 0.6) is 5.75 Å². The van der Waals surface area contributed by atoms with Gasteiger partial charge in [0.25, 0.3) is 5.91 Å². The molecule has 2 unspecified atom stereocenters. The summed E-state index contributed by atoms with van der Waals surface area (Å²) in [4.78, 5) is 54.1. The minimum Gasteiger partial charge on any atom is -0.454 e. The molecule has 1 aliphatic rings. The second-order valence-electron chi connectivity index (χ2n) is 20.5. The van der Waals surface area contributed by atoms with E-state index in [2.05, 4.69) is 9.88 Å². The number of carbonyl (C=O) groups excluding carboxylic acids is 4. The molecule has 1 aliphatic carbocycles. The van der Waals surface area contributed by atoms with E-state index >= 15 is 0 Å². The predicted octanol–water partition coefficient (Wildman–Crippen LogP) is 13.4. The van der Waals surface area contributed by atoms with Crippen LogP contribution >= 0.6 is 0 Å². The van der Waals surface area contributed by atoms with Crippen molar-refractivity contribution in [1.82, 2.24) is 4.57 Å². The van der Waals surface area contributed by atoms with Crippen LogP contribution in [0.25, 0.3) is 22.4 Å². The van der Waals surface area contributed by atoms with Gasteiger partial charge in [0, 0.05) is 35.8 Å². The number of hydrogen-bond acceptors (Lipinski definition) is 8. The molecule has 8 rings (SSSR count). The van der Waals surface area contributed by atoms with Crippen LogP contribution in [0.4, 0.5) is 18.9 Å². The number of aromatic nitrogens is 1. The number of esters is 2. The summed E-state index contributed by atoms with van der Waals surface area (Å²) in [7, 11) is 0. The summed E-state index contributed by atoms with van der Waals surface area (Å²) in [6, 6.07) is 43.9. The summed E-state index contributed by atoms with van der Waals surface area (Å²) >= 11 is 0.